The van der Waals surface area contributed by atoms with Crippen LogP contribution in [0.4, 0.5) is 0 Å². The molecule has 2 aromatic carbocycles. The highest BCUT2D eigenvalue weighted by molar-refractivity contribution is 5.87. The van der Waals surface area contributed by atoms with Crippen LogP contribution in [0, 0.1) is 11.8 Å². The first-order valence-electron chi connectivity index (χ1n) is 10.6. The molecule has 0 saturated heterocycles. The van der Waals surface area contributed by atoms with Gasteiger partial charge in [0.25, 0.3) is 0 Å². The average molecular weight is 351 g/mol. The minimum Gasteiger partial charge on any atom is -0.494 e. The van der Waals surface area contributed by atoms with E-state index in [1.165, 1.54) is 60.4 Å². The zero-order valence-corrected chi connectivity index (χ0v) is 16.8. The number of rotatable bonds is 8. The van der Waals surface area contributed by atoms with Crippen molar-refractivity contribution in [2.45, 2.75) is 65.7 Å². The predicted molar refractivity (Wildman–Crippen MR) is 114 cm³/mol. The van der Waals surface area contributed by atoms with Crippen molar-refractivity contribution < 1.29 is 4.74 Å². The van der Waals surface area contributed by atoms with Gasteiger partial charge in [-0.1, -0.05) is 57.9 Å². The first-order chi connectivity index (χ1) is 12.7. The quantitative estimate of drug-likeness (QED) is 0.444. The highest BCUT2D eigenvalue weighted by atomic mass is 16.5. The molecular weight excluding hydrogens is 316 g/mol. The van der Waals surface area contributed by atoms with Gasteiger partial charge in [0.15, 0.2) is 0 Å². The molecule has 0 radical (unpaired) electrons. The first kappa shape index (κ1) is 19.0. The molecule has 140 valence electrons. The smallest absolute Gasteiger partial charge is 0.119 e. The van der Waals surface area contributed by atoms with Crippen LogP contribution in [0.2, 0.25) is 0 Å². The fourth-order valence-corrected chi connectivity index (χ4v) is 3.95. The zero-order valence-electron chi connectivity index (χ0n) is 16.8. The van der Waals surface area contributed by atoms with E-state index in [0.29, 0.717) is 0 Å². The van der Waals surface area contributed by atoms with E-state index in [9.17, 15) is 0 Å². The van der Waals surface area contributed by atoms with E-state index in [-0.39, 0.29) is 0 Å². The van der Waals surface area contributed by atoms with E-state index < -0.39 is 0 Å². The number of hydrogen-bond donors (Lipinski definition) is 0. The molecule has 0 heterocycles. The zero-order chi connectivity index (χ0) is 18.4. The van der Waals surface area contributed by atoms with Crippen molar-refractivity contribution in [3.8, 4) is 5.75 Å². The first-order valence-corrected chi connectivity index (χ1v) is 10.6. The monoisotopic (exact) mass is 350 g/mol. The summed E-state index contributed by atoms with van der Waals surface area (Å²) in [5.41, 5.74) is 2.94. The van der Waals surface area contributed by atoms with E-state index in [0.717, 1.165) is 30.6 Å². The van der Waals surface area contributed by atoms with Crippen molar-refractivity contribution in [3.63, 3.8) is 0 Å². The number of unbranched alkanes of at least 4 members (excludes halogenated alkanes) is 1. The Balaban J connectivity index is 1.68. The number of allylic oxidation sites excluding steroid dienone is 2. The molecule has 1 nitrogen and oxygen atoms in total. The van der Waals surface area contributed by atoms with Crippen molar-refractivity contribution in [3.05, 3.63) is 48.0 Å². The summed E-state index contributed by atoms with van der Waals surface area (Å²) in [5, 5.41) is 2.58. The Morgan fingerprint density at radius 2 is 1.88 bits per heavy atom. The number of benzene rings is 2. The minimum atomic E-state index is 0.810. The summed E-state index contributed by atoms with van der Waals surface area (Å²) in [6.45, 7) is 7.70. The molecule has 3 rings (SSSR count). The van der Waals surface area contributed by atoms with Gasteiger partial charge in [0, 0.05) is 0 Å². The lowest BCUT2D eigenvalue weighted by Crippen LogP contribution is -2.09. The summed E-state index contributed by atoms with van der Waals surface area (Å²) >= 11 is 0. The average Bonchev–Trinajstić information content (AvgIpc) is 2.68. The molecule has 0 spiro atoms. The summed E-state index contributed by atoms with van der Waals surface area (Å²) in [6, 6.07) is 13.4. The molecule has 0 fully saturated rings. The molecule has 0 saturated carbocycles. The normalized spacial score (nSPS) is 18.6. The van der Waals surface area contributed by atoms with Crippen LogP contribution in [0.5, 0.6) is 5.75 Å². The largest absolute Gasteiger partial charge is 0.494 e. The molecule has 1 heteroatoms. The fourth-order valence-electron chi connectivity index (χ4n) is 3.95. The molecule has 0 aliphatic heterocycles. The second-order valence-corrected chi connectivity index (χ2v) is 8.04. The van der Waals surface area contributed by atoms with Crippen molar-refractivity contribution in [1.82, 2.24) is 0 Å². The van der Waals surface area contributed by atoms with Crippen LogP contribution in [-0.4, -0.2) is 6.61 Å². The Morgan fingerprint density at radius 3 is 2.62 bits per heavy atom. The Labute approximate surface area is 159 Å². The standard InChI is InChI=1S/C25H34O/c1-4-6-15-26-25-14-13-23-17-22(11-12-24(23)18-25)21-9-7-20(8-10-21)16-19(3)5-2/h9,11-14,17-20H,4-8,10,15-16H2,1-3H3. The minimum absolute atomic E-state index is 0.810. The summed E-state index contributed by atoms with van der Waals surface area (Å²) in [6.07, 6.45) is 11.3. The Hall–Kier alpha value is -1.76. The predicted octanol–water partition coefficient (Wildman–Crippen LogP) is 7.64. The van der Waals surface area contributed by atoms with E-state index in [2.05, 4.69) is 63.2 Å². The lowest BCUT2D eigenvalue weighted by atomic mass is 9.81. The van der Waals surface area contributed by atoms with Gasteiger partial charge >= 0.3 is 0 Å². The maximum atomic E-state index is 5.84. The van der Waals surface area contributed by atoms with E-state index in [1.807, 2.05) is 0 Å². The molecule has 2 aromatic rings. The van der Waals surface area contributed by atoms with Crippen molar-refractivity contribution in [1.29, 1.82) is 0 Å². The highest BCUT2D eigenvalue weighted by Gasteiger charge is 2.17. The molecule has 0 bridgehead atoms. The van der Waals surface area contributed by atoms with E-state index in [4.69, 9.17) is 4.74 Å². The fraction of sp³-hybridized carbons (Fsp3) is 0.520. The van der Waals surface area contributed by atoms with Crippen molar-refractivity contribution >= 4 is 16.3 Å². The number of hydrogen-bond acceptors (Lipinski definition) is 1. The molecule has 26 heavy (non-hydrogen) atoms. The van der Waals surface area contributed by atoms with Crippen molar-refractivity contribution in [2.24, 2.45) is 11.8 Å². The number of fused-ring (bicyclic) bond motifs is 1. The Bertz CT molecular complexity index is 743. The van der Waals surface area contributed by atoms with Gasteiger partial charge in [0.1, 0.15) is 5.75 Å². The van der Waals surface area contributed by atoms with Gasteiger partial charge < -0.3 is 4.74 Å². The van der Waals surface area contributed by atoms with Crippen LogP contribution >= 0.6 is 0 Å². The van der Waals surface area contributed by atoms with Crippen LogP contribution in [-0.2, 0) is 0 Å². The van der Waals surface area contributed by atoms with Crippen molar-refractivity contribution in [2.75, 3.05) is 6.61 Å². The van der Waals surface area contributed by atoms with E-state index >= 15 is 0 Å². The second-order valence-electron chi connectivity index (χ2n) is 8.04. The van der Waals surface area contributed by atoms with Gasteiger partial charge in [-0.3, -0.25) is 0 Å². The van der Waals surface area contributed by atoms with Gasteiger partial charge in [0.2, 0.25) is 0 Å². The van der Waals surface area contributed by atoms with Gasteiger partial charge in [-0.2, -0.15) is 0 Å². The summed E-state index contributed by atoms with van der Waals surface area (Å²) in [7, 11) is 0. The lowest BCUT2D eigenvalue weighted by Gasteiger charge is -2.24. The van der Waals surface area contributed by atoms with Crippen LogP contribution in [0.15, 0.2) is 42.5 Å². The summed E-state index contributed by atoms with van der Waals surface area (Å²) < 4.78 is 5.84. The molecular formula is C25H34O. The molecule has 0 aromatic heterocycles. The topological polar surface area (TPSA) is 9.23 Å². The third-order valence-electron chi connectivity index (χ3n) is 5.90. The van der Waals surface area contributed by atoms with E-state index in [1.54, 1.807) is 0 Å². The van der Waals surface area contributed by atoms with Gasteiger partial charge in [-0.05, 0) is 84.0 Å². The third kappa shape index (κ3) is 4.90. The molecule has 2 atom stereocenters. The lowest BCUT2D eigenvalue weighted by molar-refractivity contribution is 0.310. The third-order valence-corrected chi connectivity index (χ3v) is 5.90. The number of ether oxygens (including phenoxy) is 1. The Kier molecular flexibility index (Phi) is 6.77. The van der Waals surface area contributed by atoms with Crippen LogP contribution in [0.1, 0.15) is 71.3 Å². The van der Waals surface area contributed by atoms with Crippen LogP contribution in [0.3, 0.4) is 0 Å². The van der Waals surface area contributed by atoms with Crippen LogP contribution < -0.4 is 4.74 Å². The maximum Gasteiger partial charge on any atom is 0.119 e. The molecule has 0 amide bonds. The molecule has 2 unspecified atom stereocenters. The molecule has 1 aliphatic rings. The Morgan fingerprint density at radius 1 is 1.08 bits per heavy atom. The summed E-state index contributed by atoms with van der Waals surface area (Å²) in [4.78, 5) is 0. The SMILES string of the molecule is CCCCOc1ccc2cc(C3=CCC(CC(C)CC)CC3)ccc2c1. The second kappa shape index (κ2) is 9.26. The molecule has 0 N–H and O–H groups in total. The van der Waals surface area contributed by atoms with Crippen LogP contribution in [0.25, 0.3) is 16.3 Å². The summed E-state index contributed by atoms with van der Waals surface area (Å²) in [5.74, 6) is 2.74. The van der Waals surface area contributed by atoms with Gasteiger partial charge in [-0.25, -0.2) is 0 Å². The molecule has 1 aliphatic carbocycles. The van der Waals surface area contributed by atoms with Gasteiger partial charge in [0.05, 0.1) is 6.61 Å². The van der Waals surface area contributed by atoms with Gasteiger partial charge in [-0.15, -0.1) is 0 Å². The highest BCUT2D eigenvalue weighted by Crippen LogP contribution is 2.35. The maximum absolute atomic E-state index is 5.84.